The maximum Gasteiger partial charge on any atom is 0.269 e. The lowest BCUT2D eigenvalue weighted by atomic mass is 10.1. The van der Waals surface area contributed by atoms with Gasteiger partial charge in [0.05, 0.1) is 5.69 Å². The van der Waals surface area contributed by atoms with Crippen LogP contribution in [0.3, 0.4) is 0 Å². The van der Waals surface area contributed by atoms with E-state index < -0.39 is 6.29 Å². The predicted molar refractivity (Wildman–Crippen MR) is 83.4 cm³/mol. The molecule has 6 heteroatoms. The molecule has 1 fully saturated rings. The smallest absolute Gasteiger partial charge is 0.269 e. The summed E-state index contributed by atoms with van der Waals surface area (Å²) in [5, 5.41) is 12.4. The molecule has 1 atom stereocenters. The van der Waals surface area contributed by atoms with Crippen LogP contribution in [0.5, 0.6) is 0 Å². The molecule has 1 aliphatic heterocycles. The van der Waals surface area contributed by atoms with Crippen molar-refractivity contribution in [2.75, 3.05) is 33.3 Å². The van der Waals surface area contributed by atoms with Crippen LogP contribution < -0.4 is 5.32 Å². The quantitative estimate of drug-likeness (QED) is 0.587. The van der Waals surface area contributed by atoms with Crippen LogP contribution in [-0.2, 0) is 4.74 Å². The monoisotopic (exact) mass is 307 g/mol. The van der Waals surface area contributed by atoms with Crippen molar-refractivity contribution in [2.45, 2.75) is 32.0 Å². The molecule has 0 radical (unpaired) electrons. The first-order valence-corrected chi connectivity index (χ1v) is 7.89. The number of methoxy groups -OCH3 is 1. The number of carbonyl (C=O) groups excluding carboxylic acids is 1. The molecule has 6 nitrogen and oxygen atoms in total. The fourth-order valence-electron chi connectivity index (χ4n) is 2.61. The molecule has 1 amide bonds. The highest BCUT2D eigenvalue weighted by atomic mass is 16.6. The van der Waals surface area contributed by atoms with Gasteiger partial charge in [-0.15, -0.1) is 0 Å². The highest BCUT2D eigenvalue weighted by Gasteiger charge is 2.13. The summed E-state index contributed by atoms with van der Waals surface area (Å²) < 4.78 is 4.79. The minimum atomic E-state index is -1.10. The lowest BCUT2D eigenvalue weighted by molar-refractivity contribution is -0.0799. The van der Waals surface area contributed by atoms with E-state index in [0.29, 0.717) is 17.9 Å². The van der Waals surface area contributed by atoms with Crippen LogP contribution in [0.25, 0.3) is 0 Å². The first-order chi connectivity index (χ1) is 10.7. The largest absolute Gasteiger partial charge is 0.363 e. The summed E-state index contributed by atoms with van der Waals surface area (Å²) in [5.74, 6) is -0.219. The van der Waals surface area contributed by atoms with Gasteiger partial charge in [-0.1, -0.05) is 12.5 Å². The SMILES string of the molecule is CO[C@@H](O)c1cccc(C(=O)NCCCN2CCCCC2)n1. The van der Waals surface area contributed by atoms with Crippen molar-refractivity contribution in [3.05, 3.63) is 29.6 Å². The average Bonchev–Trinajstić information content (AvgIpc) is 2.59. The Labute approximate surface area is 131 Å². The maximum atomic E-state index is 12.0. The molecular formula is C16H25N3O3. The Balaban J connectivity index is 1.74. The second kappa shape index (κ2) is 8.82. The lowest BCUT2D eigenvalue weighted by Crippen LogP contribution is -2.33. The summed E-state index contributed by atoms with van der Waals surface area (Å²) in [6.07, 6.45) is 3.73. The van der Waals surface area contributed by atoms with Gasteiger partial charge in [0.25, 0.3) is 5.91 Å². The molecule has 1 aromatic heterocycles. The van der Waals surface area contributed by atoms with E-state index in [-0.39, 0.29) is 5.91 Å². The third kappa shape index (κ3) is 5.05. The van der Waals surface area contributed by atoms with Crippen LogP contribution >= 0.6 is 0 Å². The van der Waals surface area contributed by atoms with Crippen LogP contribution in [0.4, 0.5) is 0 Å². The first kappa shape index (κ1) is 16.9. The zero-order chi connectivity index (χ0) is 15.8. The number of carbonyl (C=O) groups is 1. The van der Waals surface area contributed by atoms with Gasteiger partial charge in [0.15, 0.2) is 6.29 Å². The van der Waals surface area contributed by atoms with Crippen LogP contribution in [0.15, 0.2) is 18.2 Å². The van der Waals surface area contributed by atoms with E-state index in [1.807, 2.05) is 0 Å². The number of rotatable bonds is 7. The number of nitrogens with zero attached hydrogens (tertiary/aromatic N) is 2. The number of aliphatic hydroxyl groups is 1. The van der Waals surface area contributed by atoms with E-state index in [9.17, 15) is 9.90 Å². The third-order valence-corrected chi connectivity index (χ3v) is 3.86. The molecule has 1 aromatic rings. The Hall–Kier alpha value is -1.50. The van der Waals surface area contributed by atoms with Crippen LogP contribution in [0, 0.1) is 0 Å². The minimum Gasteiger partial charge on any atom is -0.363 e. The molecule has 122 valence electrons. The number of nitrogens with one attached hydrogen (secondary N) is 1. The Morgan fingerprint density at radius 3 is 2.91 bits per heavy atom. The molecule has 0 aromatic carbocycles. The number of aliphatic hydroxyl groups excluding tert-OH is 1. The third-order valence-electron chi connectivity index (χ3n) is 3.86. The van der Waals surface area contributed by atoms with Crippen molar-refractivity contribution in [3.8, 4) is 0 Å². The second-order valence-corrected chi connectivity index (χ2v) is 5.55. The van der Waals surface area contributed by atoms with E-state index in [2.05, 4.69) is 15.2 Å². The number of pyridine rings is 1. The summed E-state index contributed by atoms with van der Waals surface area (Å²) in [6.45, 7) is 4.00. The summed E-state index contributed by atoms with van der Waals surface area (Å²) in [7, 11) is 1.39. The molecule has 1 saturated heterocycles. The van der Waals surface area contributed by atoms with Gasteiger partial charge in [-0.3, -0.25) is 4.79 Å². The van der Waals surface area contributed by atoms with Crippen molar-refractivity contribution in [1.82, 2.24) is 15.2 Å². The van der Waals surface area contributed by atoms with Crippen LogP contribution in [0.2, 0.25) is 0 Å². The van der Waals surface area contributed by atoms with Crippen molar-refractivity contribution >= 4 is 5.91 Å². The minimum absolute atomic E-state index is 0.219. The van der Waals surface area contributed by atoms with E-state index in [1.165, 1.54) is 39.5 Å². The summed E-state index contributed by atoms with van der Waals surface area (Å²) in [5.41, 5.74) is 0.634. The molecule has 0 saturated carbocycles. The van der Waals surface area contributed by atoms with Gasteiger partial charge < -0.3 is 20.1 Å². The number of aromatic nitrogens is 1. The van der Waals surface area contributed by atoms with Gasteiger partial charge in [0.1, 0.15) is 5.69 Å². The Kier molecular flexibility index (Phi) is 6.76. The zero-order valence-electron chi connectivity index (χ0n) is 13.1. The predicted octanol–water partition coefficient (Wildman–Crippen LogP) is 1.32. The maximum absolute atomic E-state index is 12.0. The van der Waals surface area contributed by atoms with Gasteiger partial charge in [0, 0.05) is 13.7 Å². The number of ether oxygens (including phenoxy) is 1. The number of amides is 1. The number of hydrogen-bond donors (Lipinski definition) is 2. The van der Waals surface area contributed by atoms with Crippen molar-refractivity contribution in [1.29, 1.82) is 0 Å². The van der Waals surface area contributed by atoms with E-state index in [0.717, 1.165) is 13.0 Å². The molecule has 1 aliphatic rings. The number of piperidine rings is 1. The molecule has 0 unspecified atom stereocenters. The average molecular weight is 307 g/mol. The Morgan fingerprint density at radius 1 is 1.41 bits per heavy atom. The van der Waals surface area contributed by atoms with Crippen LogP contribution in [-0.4, -0.2) is 54.2 Å². The Bertz CT molecular complexity index is 475. The first-order valence-electron chi connectivity index (χ1n) is 7.89. The van der Waals surface area contributed by atoms with Crippen molar-refractivity contribution in [2.24, 2.45) is 0 Å². The van der Waals surface area contributed by atoms with Gasteiger partial charge in [-0.05, 0) is 51.0 Å². The van der Waals surface area contributed by atoms with Gasteiger partial charge >= 0.3 is 0 Å². The van der Waals surface area contributed by atoms with Crippen molar-refractivity contribution < 1.29 is 14.6 Å². The summed E-state index contributed by atoms with van der Waals surface area (Å²) >= 11 is 0. The standard InChI is InChI=1S/C16H25N3O3/c1-22-16(21)14-8-5-7-13(18-14)15(20)17-9-6-12-19-10-3-2-4-11-19/h5,7-8,16,21H,2-4,6,9-12H2,1H3,(H,17,20)/t16-/m1/s1. The fourth-order valence-corrected chi connectivity index (χ4v) is 2.61. The van der Waals surface area contributed by atoms with Gasteiger partial charge in [0.2, 0.25) is 0 Å². The number of likely N-dealkylation sites (tertiary alicyclic amines) is 1. The van der Waals surface area contributed by atoms with E-state index in [4.69, 9.17) is 4.74 Å². The molecule has 2 rings (SSSR count). The zero-order valence-corrected chi connectivity index (χ0v) is 13.1. The molecular weight excluding hydrogens is 282 g/mol. The molecule has 0 aliphatic carbocycles. The van der Waals surface area contributed by atoms with E-state index in [1.54, 1.807) is 18.2 Å². The molecule has 0 spiro atoms. The molecule has 22 heavy (non-hydrogen) atoms. The van der Waals surface area contributed by atoms with Crippen LogP contribution in [0.1, 0.15) is 48.2 Å². The molecule has 0 bridgehead atoms. The lowest BCUT2D eigenvalue weighted by Gasteiger charge is -2.26. The number of hydrogen-bond acceptors (Lipinski definition) is 5. The normalized spacial score (nSPS) is 17.2. The fraction of sp³-hybridized carbons (Fsp3) is 0.625. The summed E-state index contributed by atoms with van der Waals surface area (Å²) in [6, 6.07) is 4.94. The highest BCUT2D eigenvalue weighted by molar-refractivity contribution is 5.92. The van der Waals surface area contributed by atoms with Gasteiger partial charge in [-0.25, -0.2) is 4.98 Å². The molecule has 2 heterocycles. The highest BCUT2D eigenvalue weighted by Crippen LogP contribution is 2.11. The van der Waals surface area contributed by atoms with E-state index >= 15 is 0 Å². The second-order valence-electron chi connectivity index (χ2n) is 5.55. The molecule has 2 N–H and O–H groups in total. The van der Waals surface area contributed by atoms with Crippen molar-refractivity contribution in [3.63, 3.8) is 0 Å². The summed E-state index contributed by atoms with van der Waals surface area (Å²) in [4.78, 5) is 18.6. The Morgan fingerprint density at radius 2 is 2.18 bits per heavy atom. The van der Waals surface area contributed by atoms with Gasteiger partial charge in [-0.2, -0.15) is 0 Å². The topological polar surface area (TPSA) is 74.7 Å².